The molecule has 0 radical (unpaired) electrons. The third-order valence-electron chi connectivity index (χ3n) is 4.22. The second kappa shape index (κ2) is 12.0. The summed E-state index contributed by atoms with van der Waals surface area (Å²) in [6.07, 6.45) is 6.54. The SMILES string of the molecule is CC1=C(C(c2cccc(C)c2)c2cccc(C)c2)CC=[C-]1.[Cl-].[Cl-].[Cl-].[Ti+4]. The van der Waals surface area contributed by atoms with Gasteiger partial charge in [0.25, 0.3) is 0 Å². The fourth-order valence-electron chi connectivity index (χ4n) is 3.19. The first-order valence-electron chi connectivity index (χ1n) is 7.56. The van der Waals surface area contributed by atoms with E-state index < -0.39 is 0 Å². The Morgan fingerprint density at radius 1 is 0.800 bits per heavy atom. The molecule has 0 saturated heterocycles. The number of benzene rings is 2. The third-order valence-corrected chi connectivity index (χ3v) is 4.22. The minimum atomic E-state index is 0. The molecular weight excluding hydrogens is 406 g/mol. The van der Waals surface area contributed by atoms with Gasteiger partial charge < -0.3 is 37.2 Å². The molecule has 0 aromatic heterocycles. The molecule has 2 aromatic carbocycles. The van der Waals surface area contributed by atoms with Crippen LogP contribution in [0.2, 0.25) is 0 Å². The molecule has 0 unspecified atom stereocenters. The summed E-state index contributed by atoms with van der Waals surface area (Å²) in [5.41, 5.74) is 8.17. The van der Waals surface area contributed by atoms with E-state index in [1.165, 1.54) is 33.4 Å². The van der Waals surface area contributed by atoms with E-state index in [-0.39, 0.29) is 58.9 Å². The van der Waals surface area contributed by atoms with Crippen molar-refractivity contribution in [3.05, 3.63) is 94.1 Å². The van der Waals surface area contributed by atoms with Crippen LogP contribution in [-0.4, -0.2) is 0 Å². The van der Waals surface area contributed by atoms with Crippen LogP contribution in [0, 0.1) is 19.9 Å². The van der Waals surface area contributed by atoms with E-state index in [1.54, 1.807) is 0 Å². The maximum absolute atomic E-state index is 3.37. The molecule has 0 amide bonds. The first kappa shape index (κ1) is 26.7. The van der Waals surface area contributed by atoms with Crippen LogP contribution < -0.4 is 37.2 Å². The monoisotopic (exact) mass is 426 g/mol. The summed E-state index contributed by atoms with van der Waals surface area (Å²) in [4.78, 5) is 0. The van der Waals surface area contributed by atoms with E-state index in [0.717, 1.165) is 6.42 Å². The topological polar surface area (TPSA) is 0 Å². The van der Waals surface area contributed by atoms with Crippen molar-refractivity contribution in [1.82, 2.24) is 0 Å². The van der Waals surface area contributed by atoms with Crippen LogP contribution in [0.3, 0.4) is 0 Å². The molecule has 1 aliphatic rings. The van der Waals surface area contributed by atoms with Crippen LogP contribution >= 0.6 is 0 Å². The quantitative estimate of drug-likeness (QED) is 0.353. The van der Waals surface area contributed by atoms with Crippen molar-refractivity contribution in [3.8, 4) is 0 Å². The predicted molar refractivity (Wildman–Crippen MR) is 89.3 cm³/mol. The van der Waals surface area contributed by atoms with E-state index in [1.807, 2.05) is 0 Å². The molecule has 0 heterocycles. The van der Waals surface area contributed by atoms with Crippen LogP contribution in [-0.2, 0) is 21.7 Å². The van der Waals surface area contributed by atoms with Crippen LogP contribution in [0.4, 0.5) is 0 Å². The van der Waals surface area contributed by atoms with Crippen molar-refractivity contribution >= 4 is 0 Å². The largest absolute Gasteiger partial charge is 4.00 e. The second-order valence-corrected chi connectivity index (χ2v) is 5.96. The number of hydrogen-bond acceptors (Lipinski definition) is 0. The molecule has 3 rings (SSSR count). The number of rotatable bonds is 3. The van der Waals surface area contributed by atoms with Gasteiger partial charge in [-0.25, -0.2) is 5.57 Å². The Bertz CT molecular complexity index is 690. The zero-order valence-corrected chi connectivity index (χ0v) is 18.4. The standard InChI is InChI=1S/C21H21.3ClH.Ti/c1-15-7-4-10-18(13-15)21(20-12-6-9-17(20)3)19-11-5-8-16(2)14-19;;;;/h4-8,10-11,13-14,21H,12H2,1-3H3;3*1H;/q-1;;;;+4/p-3. The Hall–Kier alpha value is -0.496. The molecule has 0 atom stereocenters. The summed E-state index contributed by atoms with van der Waals surface area (Å²) in [5.74, 6) is 0.344. The Labute approximate surface area is 185 Å². The smallest absolute Gasteiger partial charge is 1.00 e. The van der Waals surface area contributed by atoms with Gasteiger partial charge in [0.2, 0.25) is 0 Å². The predicted octanol–water partition coefficient (Wildman–Crippen LogP) is -3.48. The second-order valence-electron chi connectivity index (χ2n) is 5.96. The number of aryl methyl sites for hydroxylation is 2. The third kappa shape index (κ3) is 6.31. The summed E-state index contributed by atoms with van der Waals surface area (Å²) in [5, 5.41) is 0. The van der Waals surface area contributed by atoms with Crippen molar-refractivity contribution in [2.24, 2.45) is 0 Å². The molecule has 0 nitrogen and oxygen atoms in total. The van der Waals surface area contributed by atoms with Gasteiger partial charge in [0.1, 0.15) is 0 Å². The molecule has 0 aliphatic heterocycles. The van der Waals surface area contributed by atoms with Crippen LogP contribution in [0.5, 0.6) is 0 Å². The van der Waals surface area contributed by atoms with E-state index in [9.17, 15) is 0 Å². The van der Waals surface area contributed by atoms with Gasteiger partial charge in [-0.1, -0.05) is 84.1 Å². The zero-order valence-electron chi connectivity index (χ0n) is 14.6. The van der Waals surface area contributed by atoms with E-state index in [4.69, 9.17) is 0 Å². The Balaban J connectivity index is 0. The summed E-state index contributed by atoms with van der Waals surface area (Å²) in [6, 6.07) is 17.8. The van der Waals surface area contributed by atoms with Gasteiger partial charge in [0.15, 0.2) is 0 Å². The molecule has 130 valence electrons. The summed E-state index contributed by atoms with van der Waals surface area (Å²) < 4.78 is 0. The Morgan fingerprint density at radius 3 is 1.64 bits per heavy atom. The molecule has 0 fully saturated rings. The molecule has 0 N–H and O–H groups in total. The van der Waals surface area contributed by atoms with E-state index in [0.29, 0.717) is 5.92 Å². The molecular formula is C21H21Cl3Ti. The van der Waals surface area contributed by atoms with Crippen molar-refractivity contribution in [1.29, 1.82) is 0 Å². The van der Waals surface area contributed by atoms with Crippen molar-refractivity contribution in [3.63, 3.8) is 0 Å². The van der Waals surface area contributed by atoms with Gasteiger partial charge in [-0.2, -0.15) is 11.6 Å². The van der Waals surface area contributed by atoms with Crippen molar-refractivity contribution in [2.75, 3.05) is 0 Å². The number of halogens is 3. The molecule has 2 aromatic rings. The van der Waals surface area contributed by atoms with Crippen LogP contribution in [0.25, 0.3) is 0 Å². The Morgan fingerprint density at radius 2 is 1.28 bits per heavy atom. The molecule has 0 bridgehead atoms. The number of hydrogen-bond donors (Lipinski definition) is 0. The van der Waals surface area contributed by atoms with Crippen molar-refractivity contribution < 1.29 is 58.9 Å². The summed E-state index contributed by atoms with van der Waals surface area (Å²) >= 11 is 0. The fourth-order valence-corrected chi connectivity index (χ4v) is 3.19. The summed E-state index contributed by atoms with van der Waals surface area (Å²) in [7, 11) is 0. The fraction of sp³-hybridized carbons (Fsp3) is 0.238. The maximum atomic E-state index is 3.37. The average Bonchev–Trinajstić information content (AvgIpc) is 2.86. The van der Waals surface area contributed by atoms with Crippen LogP contribution in [0.1, 0.15) is 41.5 Å². The normalized spacial score (nSPS) is 12.0. The van der Waals surface area contributed by atoms with Gasteiger partial charge in [-0.3, -0.25) is 6.08 Å². The average molecular weight is 428 g/mol. The molecule has 0 spiro atoms. The zero-order chi connectivity index (χ0) is 14.8. The molecule has 4 heteroatoms. The first-order chi connectivity index (χ1) is 10.1. The first-order valence-corrected chi connectivity index (χ1v) is 7.56. The van der Waals surface area contributed by atoms with E-state index >= 15 is 0 Å². The van der Waals surface area contributed by atoms with Crippen molar-refractivity contribution in [2.45, 2.75) is 33.1 Å². The summed E-state index contributed by atoms with van der Waals surface area (Å²) in [6.45, 7) is 6.51. The van der Waals surface area contributed by atoms with E-state index in [2.05, 4.69) is 81.5 Å². The Kier molecular flexibility index (Phi) is 12.8. The van der Waals surface area contributed by atoms with Gasteiger partial charge in [-0.15, -0.1) is 0 Å². The minimum Gasteiger partial charge on any atom is -1.00 e. The van der Waals surface area contributed by atoms with Crippen LogP contribution in [0.15, 0.2) is 65.8 Å². The maximum Gasteiger partial charge on any atom is 4.00 e. The molecule has 25 heavy (non-hydrogen) atoms. The van der Waals surface area contributed by atoms with Gasteiger partial charge in [0, 0.05) is 0 Å². The molecule has 1 aliphatic carbocycles. The van der Waals surface area contributed by atoms with Gasteiger partial charge in [0.05, 0.1) is 0 Å². The minimum absolute atomic E-state index is 0. The van der Waals surface area contributed by atoms with Gasteiger partial charge in [-0.05, 0) is 19.8 Å². The van der Waals surface area contributed by atoms with Gasteiger partial charge >= 0.3 is 21.7 Å². The molecule has 0 saturated carbocycles. The number of allylic oxidation sites excluding steroid dienone is 4.